The van der Waals surface area contributed by atoms with Crippen molar-refractivity contribution in [1.29, 1.82) is 0 Å². The van der Waals surface area contributed by atoms with Gasteiger partial charge in [-0.2, -0.15) is 8.42 Å². The summed E-state index contributed by atoms with van der Waals surface area (Å²) >= 11 is 0. The molecule has 1 aromatic heterocycles. The number of carbonyl (C=O) groups is 1. The number of hydrogen-bond donors (Lipinski definition) is 2. The minimum absolute atomic E-state index is 0. The SMILES string of the molecule is COc1cc(-c2cc3cc(CN4CCC4)ccc3[nH]2)c2c(c1OS(C)(=O)=O)CNC2=O.Cl. The lowest BCUT2D eigenvalue weighted by Gasteiger charge is -2.30. The Morgan fingerprint density at radius 2 is 1.94 bits per heavy atom. The molecule has 2 aliphatic rings. The maximum atomic E-state index is 12.6. The monoisotopic (exact) mass is 477 g/mol. The molecule has 2 N–H and O–H groups in total. The molecule has 32 heavy (non-hydrogen) atoms. The van der Waals surface area contributed by atoms with E-state index < -0.39 is 10.1 Å². The number of H-pyrrole nitrogens is 1. The van der Waals surface area contributed by atoms with Gasteiger partial charge in [0.25, 0.3) is 5.91 Å². The van der Waals surface area contributed by atoms with Crippen molar-refractivity contribution in [1.82, 2.24) is 15.2 Å². The van der Waals surface area contributed by atoms with Gasteiger partial charge in [0.2, 0.25) is 0 Å². The van der Waals surface area contributed by atoms with Crippen molar-refractivity contribution in [2.75, 3.05) is 26.5 Å². The molecule has 0 saturated carbocycles. The van der Waals surface area contributed by atoms with Crippen LogP contribution in [0.5, 0.6) is 11.5 Å². The molecule has 2 aromatic carbocycles. The minimum atomic E-state index is -3.79. The summed E-state index contributed by atoms with van der Waals surface area (Å²) in [5.41, 5.74) is 4.48. The number of nitrogens with zero attached hydrogens (tertiary/aromatic N) is 1. The number of amides is 1. The second-order valence-electron chi connectivity index (χ2n) is 8.01. The van der Waals surface area contributed by atoms with Crippen molar-refractivity contribution in [3.8, 4) is 22.8 Å². The predicted molar refractivity (Wildman–Crippen MR) is 124 cm³/mol. The third-order valence-electron chi connectivity index (χ3n) is 5.78. The van der Waals surface area contributed by atoms with Gasteiger partial charge in [-0.25, -0.2) is 0 Å². The van der Waals surface area contributed by atoms with Gasteiger partial charge >= 0.3 is 10.1 Å². The molecule has 0 radical (unpaired) electrons. The zero-order chi connectivity index (χ0) is 21.8. The maximum Gasteiger partial charge on any atom is 0.306 e. The molecular weight excluding hydrogens is 454 g/mol. The van der Waals surface area contributed by atoms with Crippen LogP contribution in [0.25, 0.3) is 22.2 Å². The van der Waals surface area contributed by atoms with Gasteiger partial charge in [-0.15, -0.1) is 12.4 Å². The third kappa shape index (κ3) is 4.03. The van der Waals surface area contributed by atoms with Crippen LogP contribution >= 0.6 is 12.4 Å². The molecule has 1 amide bonds. The topological polar surface area (TPSA) is 101 Å². The van der Waals surface area contributed by atoms with Crippen LogP contribution in [0.2, 0.25) is 0 Å². The fourth-order valence-electron chi connectivity index (χ4n) is 4.21. The minimum Gasteiger partial charge on any atom is -0.493 e. The molecule has 5 rings (SSSR count). The van der Waals surface area contributed by atoms with Gasteiger partial charge in [0.1, 0.15) is 0 Å². The lowest BCUT2D eigenvalue weighted by Crippen LogP contribution is -2.36. The Kier molecular flexibility index (Phi) is 5.83. The molecule has 0 atom stereocenters. The van der Waals surface area contributed by atoms with Crippen LogP contribution in [-0.2, 0) is 23.2 Å². The zero-order valence-electron chi connectivity index (χ0n) is 17.7. The summed E-state index contributed by atoms with van der Waals surface area (Å²) in [4.78, 5) is 18.4. The van der Waals surface area contributed by atoms with Gasteiger partial charge in [-0.1, -0.05) is 6.07 Å². The lowest BCUT2D eigenvalue weighted by atomic mass is 9.98. The summed E-state index contributed by atoms with van der Waals surface area (Å²) in [7, 11) is -2.35. The third-order valence-corrected chi connectivity index (χ3v) is 6.25. The van der Waals surface area contributed by atoms with E-state index in [2.05, 4.69) is 27.3 Å². The summed E-state index contributed by atoms with van der Waals surface area (Å²) in [6.45, 7) is 3.38. The number of likely N-dealkylation sites (tertiary alicyclic amines) is 1. The van der Waals surface area contributed by atoms with Crippen LogP contribution in [0.4, 0.5) is 0 Å². The first-order chi connectivity index (χ1) is 14.8. The van der Waals surface area contributed by atoms with E-state index in [1.54, 1.807) is 6.07 Å². The van der Waals surface area contributed by atoms with Crippen molar-refractivity contribution in [2.45, 2.75) is 19.5 Å². The van der Waals surface area contributed by atoms with Crippen molar-refractivity contribution < 1.29 is 22.1 Å². The number of rotatable bonds is 6. The summed E-state index contributed by atoms with van der Waals surface area (Å²) in [5.74, 6) is 0.0333. The van der Waals surface area contributed by atoms with E-state index in [0.29, 0.717) is 16.7 Å². The number of carbonyl (C=O) groups excluding carboxylic acids is 1. The summed E-state index contributed by atoms with van der Waals surface area (Å²) < 4.78 is 34.1. The van der Waals surface area contributed by atoms with Gasteiger partial charge in [-0.3, -0.25) is 9.69 Å². The standard InChI is InChI=1S/C22H23N3O5S.ClH/c1-29-19-10-15(20-16(11-23-22(20)26)21(19)30-31(2,27)28)18-9-14-8-13(4-5-17(14)24-18)12-25-6-3-7-25;/h4-5,8-10,24H,3,6-7,11-12H2,1-2H3,(H,23,26);1H. The van der Waals surface area contributed by atoms with E-state index in [9.17, 15) is 13.2 Å². The van der Waals surface area contributed by atoms with Crippen LogP contribution in [-0.4, -0.2) is 50.7 Å². The second kappa shape index (κ2) is 8.31. The average Bonchev–Trinajstić information content (AvgIpc) is 3.27. The number of nitrogens with one attached hydrogen (secondary N) is 2. The molecule has 2 aliphatic heterocycles. The van der Waals surface area contributed by atoms with Gasteiger partial charge in [0.05, 0.1) is 18.9 Å². The first-order valence-electron chi connectivity index (χ1n) is 10.1. The highest BCUT2D eigenvalue weighted by molar-refractivity contribution is 7.86. The number of ether oxygens (including phenoxy) is 1. The Morgan fingerprint density at radius 3 is 2.59 bits per heavy atom. The highest BCUT2D eigenvalue weighted by atomic mass is 35.5. The number of methoxy groups -OCH3 is 1. The van der Waals surface area contributed by atoms with Crippen LogP contribution in [0, 0.1) is 0 Å². The first kappa shape index (κ1) is 22.4. The Hall–Kier alpha value is -2.75. The molecular formula is C22H24ClN3O5S. The van der Waals surface area contributed by atoms with E-state index in [0.717, 1.165) is 42.5 Å². The highest BCUT2D eigenvalue weighted by Crippen LogP contribution is 2.43. The van der Waals surface area contributed by atoms with Crippen LogP contribution in [0.3, 0.4) is 0 Å². The maximum absolute atomic E-state index is 12.6. The Bertz CT molecular complexity index is 1310. The molecule has 3 aromatic rings. The van der Waals surface area contributed by atoms with Crippen molar-refractivity contribution in [3.63, 3.8) is 0 Å². The van der Waals surface area contributed by atoms with E-state index in [4.69, 9.17) is 8.92 Å². The Balaban J connectivity index is 0.00000245. The molecule has 0 unspecified atom stereocenters. The van der Waals surface area contributed by atoms with Crippen LogP contribution < -0.4 is 14.2 Å². The van der Waals surface area contributed by atoms with Crippen molar-refractivity contribution in [3.05, 3.63) is 47.0 Å². The van der Waals surface area contributed by atoms with Crippen LogP contribution in [0.15, 0.2) is 30.3 Å². The van der Waals surface area contributed by atoms with E-state index in [1.807, 2.05) is 12.1 Å². The predicted octanol–water partition coefficient (Wildman–Crippen LogP) is 3.05. The number of aromatic amines is 1. The molecule has 8 nitrogen and oxygen atoms in total. The fourth-order valence-corrected chi connectivity index (χ4v) is 4.69. The largest absolute Gasteiger partial charge is 0.493 e. The summed E-state index contributed by atoms with van der Waals surface area (Å²) in [5, 5.41) is 3.81. The van der Waals surface area contributed by atoms with Gasteiger partial charge < -0.3 is 19.2 Å². The van der Waals surface area contributed by atoms with Crippen LogP contribution in [0.1, 0.15) is 27.9 Å². The number of fused-ring (bicyclic) bond motifs is 2. The lowest BCUT2D eigenvalue weighted by molar-refractivity contribution is 0.0966. The smallest absolute Gasteiger partial charge is 0.306 e. The average molecular weight is 478 g/mol. The summed E-state index contributed by atoms with van der Waals surface area (Å²) in [6, 6.07) is 9.98. The number of hydrogen-bond acceptors (Lipinski definition) is 6. The number of halogens is 1. The molecule has 1 saturated heterocycles. The van der Waals surface area contributed by atoms with E-state index in [1.165, 1.54) is 19.1 Å². The molecule has 0 bridgehead atoms. The first-order valence-corrected chi connectivity index (χ1v) is 11.9. The van der Waals surface area contributed by atoms with E-state index in [-0.39, 0.29) is 36.4 Å². The fraction of sp³-hybridized carbons (Fsp3) is 0.318. The number of benzene rings is 2. The van der Waals surface area contributed by atoms with Gasteiger partial charge in [0.15, 0.2) is 11.5 Å². The van der Waals surface area contributed by atoms with E-state index >= 15 is 0 Å². The quantitative estimate of drug-likeness (QED) is 0.529. The molecule has 1 fully saturated rings. The zero-order valence-corrected chi connectivity index (χ0v) is 19.4. The highest BCUT2D eigenvalue weighted by Gasteiger charge is 2.32. The summed E-state index contributed by atoms with van der Waals surface area (Å²) in [6.07, 6.45) is 2.22. The second-order valence-corrected chi connectivity index (χ2v) is 9.59. The van der Waals surface area contributed by atoms with Crippen molar-refractivity contribution in [2.24, 2.45) is 0 Å². The molecule has 3 heterocycles. The number of aromatic nitrogens is 1. The molecule has 0 aliphatic carbocycles. The Labute approximate surface area is 192 Å². The normalized spacial score (nSPS) is 15.6. The van der Waals surface area contributed by atoms with Crippen molar-refractivity contribution >= 4 is 39.3 Å². The van der Waals surface area contributed by atoms with Gasteiger partial charge in [-0.05, 0) is 49.3 Å². The Morgan fingerprint density at radius 1 is 1.16 bits per heavy atom. The van der Waals surface area contributed by atoms with Gasteiger partial charge in [0, 0.05) is 40.8 Å². The molecule has 170 valence electrons. The molecule has 0 spiro atoms. The molecule has 10 heteroatoms.